The fraction of sp³-hybridized carbons (Fsp3) is 0.381. The number of sulfonamides is 1. The number of hydrogen-bond donors (Lipinski definition) is 0. The molecule has 7 nitrogen and oxygen atoms in total. The predicted molar refractivity (Wildman–Crippen MR) is 111 cm³/mol. The van der Waals surface area contributed by atoms with Crippen molar-refractivity contribution >= 4 is 21.6 Å². The van der Waals surface area contributed by atoms with E-state index in [2.05, 4.69) is 0 Å². The molecule has 0 unspecified atom stereocenters. The maximum absolute atomic E-state index is 12.7. The SMILES string of the molecule is CC(C)N(C(=O)COc1ccc(S(=O)(=O)N2CCOCC2)cc1)c1ccccc1. The molecule has 1 saturated heterocycles. The number of benzene rings is 2. The first kappa shape index (κ1) is 21.3. The third-order valence-electron chi connectivity index (χ3n) is 4.61. The van der Waals surface area contributed by atoms with Gasteiger partial charge >= 0.3 is 0 Å². The van der Waals surface area contributed by atoms with E-state index in [0.29, 0.717) is 32.1 Å². The molecule has 8 heteroatoms. The maximum atomic E-state index is 12.7. The van der Waals surface area contributed by atoms with Crippen LogP contribution in [0.3, 0.4) is 0 Å². The largest absolute Gasteiger partial charge is 0.484 e. The number of morpholine rings is 1. The van der Waals surface area contributed by atoms with Crippen molar-refractivity contribution in [3.8, 4) is 5.75 Å². The molecule has 0 bridgehead atoms. The first-order valence-corrected chi connectivity index (χ1v) is 11.0. The van der Waals surface area contributed by atoms with E-state index in [-0.39, 0.29) is 23.5 Å². The Balaban J connectivity index is 1.64. The highest BCUT2D eigenvalue weighted by Gasteiger charge is 2.26. The zero-order valence-corrected chi connectivity index (χ0v) is 17.5. The third kappa shape index (κ3) is 5.14. The first-order valence-electron chi connectivity index (χ1n) is 9.57. The lowest BCUT2D eigenvalue weighted by molar-refractivity contribution is -0.120. The van der Waals surface area contributed by atoms with Gasteiger partial charge in [0.15, 0.2) is 6.61 Å². The van der Waals surface area contributed by atoms with Crippen LogP contribution in [-0.4, -0.2) is 57.6 Å². The summed E-state index contributed by atoms with van der Waals surface area (Å²) in [7, 11) is -3.55. The van der Waals surface area contributed by atoms with Crippen LogP contribution in [0.15, 0.2) is 59.5 Å². The Labute approximate surface area is 171 Å². The smallest absolute Gasteiger partial charge is 0.265 e. The Hall–Kier alpha value is -2.42. The summed E-state index contributed by atoms with van der Waals surface area (Å²) in [4.78, 5) is 14.6. The molecule has 0 saturated carbocycles. The number of carbonyl (C=O) groups is 1. The van der Waals surface area contributed by atoms with Gasteiger partial charge in [0.25, 0.3) is 5.91 Å². The van der Waals surface area contributed by atoms with Crippen molar-refractivity contribution < 1.29 is 22.7 Å². The lowest BCUT2D eigenvalue weighted by Crippen LogP contribution is -2.40. The van der Waals surface area contributed by atoms with E-state index < -0.39 is 10.0 Å². The highest BCUT2D eigenvalue weighted by Crippen LogP contribution is 2.21. The standard InChI is InChI=1S/C21H26N2O5S/c1-17(2)23(18-6-4-3-5-7-18)21(24)16-28-19-8-10-20(11-9-19)29(25,26)22-12-14-27-15-13-22/h3-11,17H,12-16H2,1-2H3. The zero-order valence-electron chi connectivity index (χ0n) is 16.7. The van der Waals surface area contributed by atoms with Crippen molar-refractivity contribution in [2.45, 2.75) is 24.8 Å². The van der Waals surface area contributed by atoms with E-state index in [4.69, 9.17) is 9.47 Å². The van der Waals surface area contributed by atoms with Crippen LogP contribution < -0.4 is 9.64 Å². The van der Waals surface area contributed by atoms with Crippen LogP contribution in [0.25, 0.3) is 0 Å². The Morgan fingerprint density at radius 3 is 2.28 bits per heavy atom. The Kier molecular flexibility index (Phi) is 6.89. The third-order valence-corrected chi connectivity index (χ3v) is 6.53. The summed E-state index contributed by atoms with van der Waals surface area (Å²) >= 11 is 0. The number of ether oxygens (including phenoxy) is 2. The van der Waals surface area contributed by atoms with Gasteiger partial charge in [-0.3, -0.25) is 4.79 Å². The van der Waals surface area contributed by atoms with Crippen molar-refractivity contribution in [2.75, 3.05) is 37.8 Å². The number of rotatable bonds is 7. The van der Waals surface area contributed by atoms with Crippen LogP contribution in [-0.2, 0) is 19.6 Å². The lowest BCUT2D eigenvalue weighted by atomic mass is 10.2. The van der Waals surface area contributed by atoms with Gasteiger partial charge in [0.05, 0.1) is 18.1 Å². The molecule has 156 valence electrons. The molecule has 0 atom stereocenters. The zero-order chi connectivity index (χ0) is 20.9. The molecular formula is C21H26N2O5S. The second-order valence-electron chi connectivity index (χ2n) is 6.97. The molecule has 29 heavy (non-hydrogen) atoms. The quantitative estimate of drug-likeness (QED) is 0.691. The van der Waals surface area contributed by atoms with Gasteiger partial charge in [-0.15, -0.1) is 0 Å². The van der Waals surface area contributed by atoms with Gasteiger partial charge in [0.1, 0.15) is 5.75 Å². The maximum Gasteiger partial charge on any atom is 0.265 e. The summed E-state index contributed by atoms with van der Waals surface area (Å²) in [5.74, 6) is 0.271. The molecule has 3 rings (SSSR count). The van der Waals surface area contributed by atoms with E-state index >= 15 is 0 Å². The van der Waals surface area contributed by atoms with E-state index in [1.54, 1.807) is 17.0 Å². The summed E-state index contributed by atoms with van der Waals surface area (Å²) < 4.78 is 37.5. The van der Waals surface area contributed by atoms with Crippen LogP contribution in [0.1, 0.15) is 13.8 Å². The second-order valence-corrected chi connectivity index (χ2v) is 8.91. The van der Waals surface area contributed by atoms with Crippen LogP contribution in [0.2, 0.25) is 0 Å². The van der Waals surface area contributed by atoms with Gasteiger partial charge in [0, 0.05) is 24.8 Å². The van der Waals surface area contributed by atoms with Crippen molar-refractivity contribution in [3.05, 3.63) is 54.6 Å². The number of carbonyl (C=O) groups excluding carboxylic acids is 1. The van der Waals surface area contributed by atoms with Crippen LogP contribution in [0.5, 0.6) is 5.75 Å². The Morgan fingerprint density at radius 2 is 1.69 bits per heavy atom. The van der Waals surface area contributed by atoms with E-state index in [1.165, 1.54) is 16.4 Å². The van der Waals surface area contributed by atoms with Gasteiger partial charge in [-0.2, -0.15) is 4.31 Å². The minimum Gasteiger partial charge on any atom is -0.484 e. The van der Waals surface area contributed by atoms with Crippen molar-refractivity contribution in [1.29, 1.82) is 0 Å². The molecule has 1 aliphatic heterocycles. The van der Waals surface area contributed by atoms with Crippen LogP contribution >= 0.6 is 0 Å². The lowest BCUT2D eigenvalue weighted by Gasteiger charge is -2.27. The first-order chi connectivity index (χ1) is 13.9. The van der Waals surface area contributed by atoms with Crippen molar-refractivity contribution in [2.24, 2.45) is 0 Å². The molecule has 0 aromatic heterocycles. The van der Waals surface area contributed by atoms with Gasteiger partial charge in [-0.05, 0) is 50.2 Å². The van der Waals surface area contributed by atoms with Gasteiger partial charge < -0.3 is 14.4 Å². The fourth-order valence-corrected chi connectivity index (χ4v) is 4.59. The topological polar surface area (TPSA) is 76.2 Å². The second kappa shape index (κ2) is 9.39. The number of amides is 1. The average molecular weight is 419 g/mol. The molecule has 2 aromatic rings. The molecule has 0 radical (unpaired) electrons. The number of anilines is 1. The summed E-state index contributed by atoms with van der Waals surface area (Å²) in [6.07, 6.45) is 0. The van der Waals surface area contributed by atoms with Gasteiger partial charge in [-0.25, -0.2) is 8.42 Å². The number of hydrogen-bond acceptors (Lipinski definition) is 5. The minimum absolute atomic E-state index is 0.0189. The summed E-state index contributed by atoms with van der Waals surface area (Å²) in [6.45, 7) is 5.24. The molecular weight excluding hydrogens is 392 g/mol. The van der Waals surface area contributed by atoms with E-state index in [9.17, 15) is 13.2 Å². The average Bonchev–Trinajstić information content (AvgIpc) is 2.74. The molecule has 1 aliphatic rings. The van der Waals surface area contributed by atoms with Crippen molar-refractivity contribution in [1.82, 2.24) is 4.31 Å². The van der Waals surface area contributed by atoms with E-state index in [1.807, 2.05) is 44.2 Å². The summed E-state index contributed by atoms with van der Waals surface area (Å²) in [5, 5.41) is 0. The fourth-order valence-electron chi connectivity index (χ4n) is 3.18. The normalized spacial score (nSPS) is 15.3. The van der Waals surface area contributed by atoms with Gasteiger partial charge in [-0.1, -0.05) is 18.2 Å². The van der Waals surface area contributed by atoms with Crippen LogP contribution in [0.4, 0.5) is 5.69 Å². The predicted octanol–water partition coefficient (Wildman–Crippen LogP) is 2.53. The number of nitrogens with zero attached hydrogens (tertiary/aromatic N) is 2. The van der Waals surface area contributed by atoms with Crippen molar-refractivity contribution in [3.63, 3.8) is 0 Å². The number of para-hydroxylation sites is 1. The molecule has 0 aliphatic carbocycles. The Bertz CT molecular complexity index is 908. The molecule has 2 aromatic carbocycles. The highest BCUT2D eigenvalue weighted by molar-refractivity contribution is 7.89. The Morgan fingerprint density at radius 1 is 1.07 bits per heavy atom. The minimum atomic E-state index is -3.55. The summed E-state index contributed by atoms with van der Waals surface area (Å²) in [6, 6.07) is 15.5. The van der Waals surface area contributed by atoms with Gasteiger partial charge in [0.2, 0.25) is 10.0 Å². The molecule has 0 spiro atoms. The summed E-state index contributed by atoms with van der Waals surface area (Å²) in [5.41, 5.74) is 0.808. The van der Waals surface area contributed by atoms with E-state index in [0.717, 1.165) is 5.69 Å². The highest BCUT2D eigenvalue weighted by atomic mass is 32.2. The molecule has 1 fully saturated rings. The molecule has 1 amide bonds. The molecule has 0 N–H and O–H groups in total. The monoisotopic (exact) mass is 418 g/mol. The van der Waals surface area contributed by atoms with Crippen LogP contribution in [0, 0.1) is 0 Å². The molecule has 1 heterocycles.